The summed E-state index contributed by atoms with van der Waals surface area (Å²) >= 11 is 0. The molecule has 0 unspecified atom stereocenters. The van der Waals surface area contributed by atoms with Gasteiger partial charge in [-0.2, -0.15) is 0 Å². The zero-order valence-electron chi connectivity index (χ0n) is 17.0. The van der Waals surface area contributed by atoms with Crippen LogP contribution in [-0.4, -0.2) is 30.9 Å². The minimum atomic E-state index is -0.309. The number of hydrogen-bond acceptors (Lipinski definition) is 3. The number of ether oxygens (including phenoxy) is 1. The summed E-state index contributed by atoms with van der Waals surface area (Å²) in [5.41, 5.74) is 2.84. The number of carbonyl (C=O) groups is 2. The molecule has 0 radical (unpaired) electrons. The van der Waals surface area contributed by atoms with E-state index in [2.05, 4.69) is 5.32 Å². The van der Waals surface area contributed by atoms with Gasteiger partial charge in [0, 0.05) is 19.7 Å². The molecule has 0 aromatic heterocycles. The van der Waals surface area contributed by atoms with E-state index in [9.17, 15) is 9.59 Å². The summed E-state index contributed by atoms with van der Waals surface area (Å²) in [7, 11) is 3.35. The molecule has 0 saturated heterocycles. The maximum absolute atomic E-state index is 12.9. The Morgan fingerprint density at radius 2 is 1.60 bits per heavy atom. The van der Waals surface area contributed by atoms with Gasteiger partial charge in [0.15, 0.2) is 0 Å². The highest BCUT2D eigenvalue weighted by atomic mass is 16.5. The Bertz CT molecular complexity index is 1030. The van der Waals surface area contributed by atoms with Crippen LogP contribution in [0.15, 0.2) is 84.9 Å². The molecule has 3 aromatic rings. The maximum atomic E-state index is 12.9. The minimum Gasteiger partial charge on any atom is -0.497 e. The van der Waals surface area contributed by atoms with E-state index in [0.717, 1.165) is 16.9 Å². The van der Waals surface area contributed by atoms with Crippen LogP contribution in [-0.2, 0) is 11.3 Å². The van der Waals surface area contributed by atoms with Crippen molar-refractivity contribution in [2.75, 3.05) is 19.5 Å². The van der Waals surface area contributed by atoms with Gasteiger partial charge in [0.2, 0.25) is 5.91 Å². The number of methoxy groups -OCH3 is 1. The SMILES string of the molecule is COc1ccc(C=CC(=O)Nc2ccccc2C(=O)N(C)Cc2ccccc2)cc1. The number of benzene rings is 3. The largest absolute Gasteiger partial charge is 0.497 e. The minimum absolute atomic E-state index is 0.158. The molecule has 2 amide bonds. The first-order chi connectivity index (χ1) is 14.6. The summed E-state index contributed by atoms with van der Waals surface area (Å²) in [6, 6.07) is 24.2. The molecule has 5 heteroatoms. The topological polar surface area (TPSA) is 58.6 Å². The van der Waals surface area contributed by atoms with E-state index in [4.69, 9.17) is 4.74 Å². The average molecular weight is 400 g/mol. The molecule has 0 saturated carbocycles. The number of rotatable bonds is 7. The van der Waals surface area contributed by atoms with Gasteiger partial charge in [-0.3, -0.25) is 9.59 Å². The fraction of sp³-hybridized carbons (Fsp3) is 0.120. The molecule has 0 aliphatic rings. The zero-order valence-corrected chi connectivity index (χ0v) is 17.0. The van der Waals surface area contributed by atoms with Crippen molar-refractivity contribution < 1.29 is 14.3 Å². The van der Waals surface area contributed by atoms with Crippen LogP contribution in [0.5, 0.6) is 5.75 Å². The standard InChI is InChI=1S/C25H24N2O3/c1-27(18-20-8-4-3-5-9-20)25(29)22-10-6-7-11-23(22)26-24(28)17-14-19-12-15-21(30-2)16-13-19/h3-17H,18H2,1-2H3,(H,26,28). The van der Waals surface area contributed by atoms with Gasteiger partial charge in [-0.25, -0.2) is 0 Å². The summed E-state index contributed by atoms with van der Waals surface area (Å²) in [4.78, 5) is 27.0. The third-order valence-corrected chi connectivity index (χ3v) is 4.57. The van der Waals surface area contributed by atoms with Crippen LogP contribution >= 0.6 is 0 Å². The van der Waals surface area contributed by atoms with Crippen LogP contribution in [0.25, 0.3) is 6.08 Å². The molecule has 0 heterocycles. The van der Waals surface area contributed by atoms with Crippen LogP contribution in [0.1, 0.15) is 21.5 Å². The molecular weight excluding hydrogens is 376 g/mol. The molecule has 30 heavy (non-hydrogen) atoms. The van der Waals surface area contributed by atoms with Crippen molar-refractivity contribution in [3.8, 4) is 5.75 Å². The van der Waals surface area contributed by atoms with Gasteiger partial charge in [0.25, 0.3) is 5.91 Å². The monoisotopic (exact) mass is 400 g/mol. The summed E-state index contributed by atoms with van der Waals surface area (Å²) in [6.45, 7) is 0.485. The molecule has 1 N–H and O–H groups in total. The Hall–Kier alpha value is -3.86. The highest BCUT2D eigenvalue weighted by Gasteiger charge is 2.16. The van der Waals surface area contributed by atoms with Crippen molar-refractivity contribution in [2.24, 2.45) is 0 Å². The lowest BCUT2D eigenvalue weighted by molar-refractivity contribution is -0.111. The van der Waals surface area contributed by atoms with Crippen molar-refractivity contribution in [1.82, 2.24) is 4.90 Å². The quantitative estimate of drug-likeness (QED) is 0.589. The first-order valence-corrected chi connectivity index (χ1v) is 9.58. The molecule has 0 aliphatic heterocycles. The van der Waals surface area contributed by atoms with Gasteiger partial charge in [0.1, 0.15) is 5.75 Å². The van der Waals surface area contributed by atoms with Crippen LogP contribution in [0.2, 0.25) is 0 Å². The van der Waals surface area contributed by atoms with E-state index in [0.29, 0.717) is 17.8 Å². The van der Waals surface area contributed by atoms with Gasteiger partial charge in [-0.1, -0.05) is 54.6 Å². The average Bonchev–Trinajstić information content (AvgIpc) is 2.78. The van der Waals surface area contributed by atoms with Crippen LogP contribution in [0, 0.1) is 0 Å². The van der Waals surface area contributed by atoms with E-state index in [1.54, 1.807) is 49.4 Å². The van der Waals surface area contributed by atoms with E-state index >= 15 is 0 Å². The molecule has 3 aromatic carbocycles. The molecular formula is C25H24N2O3. The lowest BCUT2D eigenvalue weighted by atomic mass is 10.1. The Morgan fingerprint density at radius 1 is 0.933 bits per heavy atom. The molecule has 0 fully saturated rings. The summed E-state index contributed by atoms with van der Waals surface area (Å²) in [6.07, 6.45) is 3.15. The lowest BCUT2D eigenvalue weighted by Gasteiger charge is -2.19. The van der Waals surface area contributed by atoms with Gasteiger partial charge in [-0.05, 0) is 41.5 Å². The van der Waals surface area contributed by atoms with E-state index in [1.807, 2.05) is 54.6 Å². The van der Waals surface area contributed by atoms with Crippen molar-refractivity contribution in [3.05, 3.63) is 102 Å². The zero-order chi connectivity index (χ0) is 21.3. The van der Waals surface area contributed by atoms with E-state index in [1.165, 1.54) is 6.08 Å². The molecule has 5 nitrogen and oxygen atoms in total. The van der Waals surface area contributed by atoms with Crippen molar-refractivity contribution >= 4 is 23.6 Å². The Morgan fingerprint density at radius 3 is 2.30 bits per heavy atom. The molecule has 152 valence electrons. The number of anilines is 1. The van der Waals surface area contributed by atoms with Crippen LogP contribution < -0.4 is 10.1 Å². The van der Waals surface area contributed by atoms with E-state index in [-0.39, 0.29) is 11.8 Å². The van der Waals surface area contributed by atoms with Gasteiger partial charge in [-0.15, -0.1) is 0 Å². The number of nitrogens with one attached hydrogen (secondary N) is 1. The summed E-state index contributed by atoms with van der Waals surface area (Å²) in [5, 5.41) is 2.81. The van der Waals surface area contributed by atoms with Crippen LogP contribution in [0.3, 0.4) is 0 Å². The van der Waals surface area contributed by atoms with Crippen molar-refractivity contribution in [1.29, 1.82) is 0 Å². The molecule has 3 rings (SSSR count). The number of carbonyl (C=O) groups excluding carboxylic acids is 2. The summed E-state index contributed by atoms with van der Waals surface area (Å²) < 4.78 is 5.13. The smallest absolute Gasteiger partial charge is 0.256 e. The summed E-state index contributed by atoms with van der Waals surface area (Å²) in [5.74, 6) is 0.286. The predicted octanol–water partition coefficient (Wildman–Crippen LogP) is 4.62. The Labute approximate surface area is 176 Å². The number of para-hydroxylation sites is 1. The molecule has 0 aliphatic carbocycles. The fourth-order valence-electron chi connectivity index (χ4n) is 2.97. The maximum Gasteiger partial charge on any atom is 0.256 e. The van der Waals surface area contributed by atoms with Crippen molar-refractivity contribution in [3.63, 3.8) is 0 Å². The Kier molecular flexibility index (Phi) is 7.00. The third kappa shape index (κ3) is 5.58. The predicted molar refractivity (Wildman–Crippen MR) is 119 cm³/mol. The molecule has 0 atom stereocenters. The number of amides is 2. The fourth-order valence-corrected chi connectivity index (χ4v) is 2.97. The third-order valence-electron chi connectivity index (χ3n) is 4.57. The second-order valence-electron chi connectivity index (χ2n) is 6.79. The number of nitrogens with zero attached hydrogens (tertiary/aromatic N) is 1. The normalized spacial score (nSPS) is 10.6. The lowest BCUT2D eigenvalue weighted by Crippen LogP contribution is -2.27. The molecule has 0 spiro atoms. The number of hydrogen-bond donors (Lipinski definition) is 1. The van der Waals surface area contributed by atoms with Crippen LogP contribution in [0.4, 0.5) is 5.69 Å². The second kappa shape index (κ2) is 10.1. The van der Waals surface area contributed by atoms with Gasteiger partial charge in [0.05, 0.1) is 18.4 Å². The first-order valence-electron chi connectivity index (χ1n) is 9.58. The highest BCUT2D eigenvalue weighted by Crippen LogP contribution is 2.18. The van der Waals surface area contributed by atoms with Gasteiger partial charge >= 0.3 is 0 Å². The highest BCUT2D eigenvalue weighted by molar-refractivity contribution is 6.07. The van der Waals surface area contributed by atoms with E-state index < -0.39 is 0 Å². The van der Waals surface area contributed by atoms with Crippen molar-refractivity contribution in [2.45, 2.75) is 6.54 Å². The first kappa shape index (κ1) is 20.9. The van der Waals surface area contributed by atoms with Gasteiger partial charge < -0.3 is 15.0 Å². The molecule has 0 bridgehead atoms. The Balaban J connectivity index is 1.68. The second-order valence-corrected chi connectivity index (χ2v) is 6.79.